The average molecular weight is 420 g/mol. The number of rotatable bonds is 5. The first kappa shape index (κ1) is 19.9. The first-order chi connectivity index (χ1) is 14.4. The smallest absolute Gasteiger partial charge is 0.211 e. The van der Waals surface area contributed by atoms with Crippen LogP contribution in [0.4, 0.5) is 0 Å². The van der Waals surface area contributed by atoms with E-state index in [4.69, 9.17) is 4.74 Å². The third-order valence-corrected chi connectivity index (χ3v) is 6.83. The fourth-order valence-corrected chi connectivity index (χ4v) is 4.81. The highest BCUT2D eigenvalue weighted by molar-refractivity contribution is 7.91. The minimum atomic E-state index is -3.98. The van der Waals surface area contributed by atoms with Crippen LogP contribution in [0.3, 0.4) is 0 Å². The lowest BCUT2D eigenvalue weighted by Gasteiger charge is -2.15. The van der Waals surface area contributed by atoms with Gasteiger partial charge in [0.15, 0.2) is 0 Å². The molecule has 5 nitrogen and oxygen atoms in total. The van der Waals surface area contributed by atoms with Crippen molar-refractivity contribution in [1.29, 1.82) is 0 Å². The first-order valence-electron chi connectivity index (χ1n) is 9.47. The normalized spacial score (nSPS) is 11.5. The molecule has 6 heteroatoms. The number of aryl methyl sites for hydroxylation is 1. The van der Waals surface area contributed by atoms with Crippen LogP contribution in [0.15, 0.2) is 93.6 Å². The monoisotopic (exact) mass is 419 g/mol. The van der Waals surface area contributed by atoms with E-state index in [1.165, 1.54) is 25.4 Å². The maximum absolute atomic E-state index is 13.3. The molecule has 0 saturated carbocycles. The predicted molar refractivity (Wildman–Crippen MR) is 117 cm³/mol. The van der Waals surface area contributed by atoms with Gasteiger partial charge in [0.1, 0.15) is 10.6 Å². The van der Waals surface area contributed by atoms with Crippen molar-refractivity contribution in [3.05, 3.63) is 100 Å². The molecule has 0 fully saturated rings. The molecule has 4 rings (SSSR count). The first-order valence-corrected chi connectivity index (χ1v) is 11.0. The Hall–Kier alpha value is -3.38. The third-order valence-electron chi connectivity index (χ3n) is 5.07. The van der Waals surface area contributed by atoms with E-state index in [1.807, 2.05) is 31.2 Å². The van der Waals surface area contributed by atoms with Gasteiger partial charge in [-0.15, -0.1) is 0 Å². The summed E-state index contributed by atoms with van der Waals surface area (Å²) in [6.45, 7) is 2.44. The summed E-state index contributed by atoms with van der Waals surface area (Å²) in [7, 11) is -2.47. The summed E-state index contributed by atoms with van der Waals surface area (Å²) in [6.07, 6.45) is 1.44. The number of ether oxygens (including phenoxy) is 1. The Bertz CT molecular complexity index is 1370. The van der Waals surface area contributed by atoms with Gasteiger partial charge in [-0.25, -0.2) is 8.42 Å². The molecule has 0 aliphatic carbocycles. The van der Waals surface area contributed by atoms with Gasteiger partial charge in [0.2, 0.25) is 15.3 Å². The van der Waals surface area contributed by atoms with Crippen LogP contribution >= 0.6 is 0 Å². The van der Waals surface area contributed by atoms with Gasteiger partial charge in [-0.2, -0.15) is 0 Å². The molecule has 0 bridgehead atoms. The molecule has 1 heterocycles. The van der Waals surface area contributed by atoms with E-state index in [-0.39, 0.29) is 9.79 Å². The lowest BCUT2D eigenvalue weighted by atomic mass is 10.1. The van der Waals surface area contributed by atoms with Crippen LogP contribution in [0.25, 0.3) is 10.9 Å². The largest absolute Gasteiger partial charge is 0.497 e. The number of fused-ring (bicyclic) bond motifs is 1. The lowest BCUT2D eigenvalue weighted by molar-refractivity contribution is 0.415. The van der Waals surface area contributed by atoms with Crippen molar-refractivity contribution in [2.45, 2.75) is 23.3 Å². The van der Waals surface area contributed by atoms with E-state index >= 15 is 0 Å². The minimum Gasteiger partial charge on any atom is -0.497 e. The van der Waals surface area contributed by atoms with E-state index in [9.17, 15) is 13.2 Å². The maximum atomic E-state index is 13.3. The zero-order chi connectivity index (χ0) is 21.3. The van der Waals surface area contributed by atoms with Gasteiger partial charge in [-0.1, -0.05) is 48.0 Å². The van der Waals surface area contributed by atoms with Crippen molar-refractivity contribution in [3.8, 4) is 5.75 Å². The maximum Gasteiger partial charge on any atom is 0.211 e. The number of hydrogen-bond donors (Lipinski definition) is 0. The molecule has 3 aromatic carbocycles. The highest BCUT2D eigenvalue weighted by Gasteiger charge is 2.24. The highest BCUT2D eigenvalue weighted by Crippen LogP contribution is 2.24. The van der Waals surface area contributed by atoms with Crippen molar-refractivity contribution >= 4 is 20.7 Å². The summed E-state index contributed by atoms with van der Waals surface area (Å²) in [5.41, 5.74) is 2.26. The molecule has 0 atom stereocenters. The third kappa shape index (κ3) is 3.62. The zero-order valence-corrected chi connectivity index (χ0v) is 17.5. The second-order valence-electron chi connectivity index (χ2n) is 7.14. The van der Waals surface area contributed by atoms with E-state index in [0.717, 1.165) is 11.1 Å². The van der Waals surface area contributed by atoms with Crippen molar-refractivity contribution in [2.24, 2.45) is 0 Å². The Kier molecular flexibility index (Phi) is 5.18. The van der Waals surface area contributed by atoms with Crippen molar-refractivity contribution in [2.75, 3.05) is 7.11 Å². The molecule has 152 valence electrons. The van der Waals surface area contributed by atoms with Crippen LogP contribution in [0.5, 0.6) is 5.75 Å². The second kappa shape index (κ2) is 7.80. The van der Waals surface area contributed by atoms with Gasteiger partial charge in [0.05, 0.1) is 22.9 Å². The lowest BCUT2D eigenvalue weighted by Crippen LogP contribution is -2.19. The van der Waals surface area contributed by atoms with Gasteiger partial charge in [-0.05, 0) is 42.8 Å². The van der Waals surface area contributed by atoms with E-state index < -0.39 is 15.3 Å². The van der Waals surface area contributed by atoms with Crippen LogP contribution in [-0.2, 0) is 16.4 Å². The minimum absolute atomic E-state index is 0.0891. The molecule has 1 aromatic heterocycles. The number of methoxy groups -OCH3 is 1. The van der Waals surface area contributed by atoms with Crippen molar-refractivity contribution < 1.29 is 13.2 Å². The topological polar surface area (TPSA) is 65.4 Å². The number of nitrogens with zero attached hydrogens (tertiary/aromatic N) is 1. The summed E-state index contributed by atoms with van der Waals surface area (Å²) in [4.78, 5) is 13.1. The van der Waals surface area contributed by atoms with Gasteiger partial charge in [0, 0.05) is 12.7 Å². The number of sulfone groups is 1. The quantitative estimate of drug-likeness (QED) is 0.486. The van der Waals surface area contributed by atoms with Crippen molar-refractivity contribution in [1.82, 2.24) is 4.57 Å². The van der Waals surface area contributed by atoms with E-state index in [0.29, 0.717) is 23.2 Å². The molecular formula is C24H21NO4S. The molecule has 4 aromatic rings. The molecule has 0 N–H and O–H groups in total. The van der Waals surface area contributed by atoms with Gasteiger partial charge >= 0.3 is 0 Å². The Balaban J connectivity index is 1.98. The molecule has 0 saturated heterocycles. The van der Waals surface area contributed by atoms with Crippen molar-refractivity contribution in [3.63, 3.8) is 0 Å². The standard InChI is InChI=1S/C24H21NO4S/c1-17-8-10-18(11-9-17)15-25-16-23(30(27,28)20-6-4-3-5-7-20)24(26)21-14-19(29-2)12-13-22(21)25/h3-14,16H,15H2,1-2H3. The molecule has 0 radical (unpaired) electrons. The molecule has 0 unspecified atom stereocenters. The number of pyridine rings is 1. The fourth-order valence-electron chi connectivity index (χ4n) is 3.42. The van der Waals surface area contributed by atoms with Crippen LogP contribution in [0.1, 0.15) is 11.1 Å². The molecule has 0 amide bonds. The summed E-state index contributed by atoms with van der Waals surface area (Å²) in [6, 6.07) is 21.1. The predicted octanol–water partition coefficient (Wildman–Crippen LogP) is 4.20. The van der Waals surface area contributed by atoms with Crippen LogP contribution < -0.4 is 10.2 Å². The number of aromatic nitrogens is 1. The Labute approximate surface area is 175 Å². The van der Waals surface area contributed by atoms with Crippen LogP contribution in [0.2, 0.25) is 0 Å². The van der Waals surface area contributed by atoms with Crippen LogP contribution in [-0.4, -0.2) is 20.1 Å². The molecule has 0 spiro atoms. The second-order valence-corrected chi connectivity index (χ2v) is 9.05. The SMILES string of the molecule is COc1ccc2c(c1)c(=O)c(S(=O)(=O)c1ccccc1)cn2Cc1ccc(C)cc1. The summed E-state index contributed by atoms with van der Waals surface area (Å²) in [5.74, 6) is 0.496. The number of benzene rings is 3. The van der Waals surface area contributed by atoms with Crippen LogP contribution in [0, 0.1) is 6.92 Å². The molecular weight excluding hydrogens is 398 g/mol. The Morgan fingerprint density at radius 2 is 1.63 bits per heavy atom. The molecule has 0 aliphatic rings. The highest BCUT2D eigenvalue weighted by atomic mass is 32.2. The zero-order valence-electron chi connectivity index (χ0n) is 16.7. The summed E-state index contributed by atoms with van der Waals surface area (Å²) < 4.78 is 33.6. The Morgan fingerprint density at radius 1 is 0.933 bits per heavy atom. The summed E-state index contributed by atoms with van der Waals surface area (Å²) in [5, 5.41) is 0.304. The Morgan fingerprint density at radius 3 is 2.30 bits per heavy atom. The van der Waals surface area contributed by atoms with Gasteiger partial charge in [0.25, 0.3) is 0 Å². The fraction of sp³-hybridized carbons (Fsp3) is 0.125. The molecule has 0 aliphatic heterocycles. The summed E-state index contributed by atoms with van der Waals surface area (Å²) >= 11 is 0. The van der Waals surface area contributed by atoms with Gasteiger partial charge < -0.3 is 9.30 Å². The van der Waals surface area contributed by atoms with Gasteiger partial charge in [-0.3, -0.25) is 4.79 Å². The average Bonchev–Trinajstić information content (AvgIpc) is 2.77. The number of hydrogen-bond acceptors (Lipinski definition) is 4. The van der Waals surface area contributed by atoms with E-state index in [1.54, 1.807) is 41.0 Å². The van der Waals surface area contributed by atoms with E-state index in [2.05, 4.69) is 0 Å². The molecule has 30 heavy (non-hydrogen) atoms.